The summed E-state index contributed by atoms with van der Waals surface area (Å²) < 4.78 is 0. The normalized spacial score (nSPS) is 13.8. The first-order chi connectivity index (χ1) is 10.4. The number of nitrogens with one attached hydrogen (secondary N) is 1. The van der Waals surface area contributed by atoms with E-state index < -0.39 is 0 Å². The molecule has 0 saturated carbocycles. The quantitative estimate of drug-likeness (QED) is 0.837. The summed E-state index contributed by atoms with van der Waals surface area (Å²) in [7, 11) is 3.94. The molecule has 1 N–H and O–H groups in total. The van der Waals surface area contributed by atoms with E-state index in [2.05, 4.69) is 69.2 Å². The average Bonchev–Trinajstić information content (AvgIpc) is 2.53. The molecule has 0 spiro atoms. The Bertz CT molecular complexity index is 458. The van der Waals surface area contributed by atoms with E-state index in [1.807, 2.05) is 7.05 Å². The van der Waals surface area contributed by atoms with Gasteiger partial charge in [0.25, 0.3) is 0 Å². The van der Waals surface area contributed by atoms with Crippen molar-refractivity contribution >= 4 is 6.03 Å². The van der Waals surface area contributed by atoms with Crippen LogP contribution in [0.25, 0.3) is 0 Å². The molecule has 1 aromatic rings. The zero-order chi connectivity index (χ0) is 16.7. The van der Waals surface area contributed by atoms with Gasteiger partial charge < -0.3 is 15.1 Å². The summed E-state index contributed by atoms with van der Waals surface area (Å²) in [5.74, 6) is 0. The van der Waals surface area contributed by atoms with Crippen molar-refractivity contribution in [3.63, 3.8) is 0 Å². The van der Waals surface area contributed by atoms with Gasteiger partial charge in [0.05, 0.1) is 6.04 Å². The zero-order valence-corrected chi connectivity index (χ0v) is 14.9. The summed E-state index contributed by atoms with van der Waals surface area (Å²) in [4.78, 5) is 16.3. The van der Waals surface area contributed by atoms with Gasteiger partial charge in [-0.05, 0) is 39.8 Å². The van der Waals surface area contributed by atoms with Gasteiger partial charge in [-0.15, -0.1) is 0 Å². The van der Waals surface area contributed by atoms with Gasteiger partial charge in [0, 0.05) is 26.2 Å². The predicted molar refractivity (Wildman–Crippen MR) is 93.1 cm³/mol. The Balaban J connectivity index is 2.46. The van der Waals surface area contributed by atoms with Crippen LogP contribution in [0.4, 0.5) is 4.79 Å². The van der Waals surface area contributed by atoms with E-state index in [1.54, 1.807) is 4.90 Å². The van der Waals surface area contributed by atoms with Gasteiger partial charge >= 0.3 is 6.03 Å². The van der Waals surface area contributed by atoms with E-state index in [9.17, 15) is 4.79 Å². The molecule has 0 fully saturated rings. The Hall–Kier alpha value is -1.55. The van der Waals surface area contributed by atoms with Crippen LogP contribution in [0.5, 0.6) is 0 Å². The van der Waals surface area contributed by atoms with Crippen molar-refractivity contribution in [1.82, 2.24) is 15.1 Å². The van der Waals surface area contributed by atoms with Crippen LogP contribution in [0.15, 0.2) is 24.3 Å². The standard InChI is InChI=1S/C18H31N3O/c1-7-15(3)20(5)13-12-19-18(22)21(6)16(4)17-10-8-14(2)9-11-17/h8-11,15-16H,7,12-13H2,1-6H3,(H,19,22). The van der Waals surface area contributed by atoms with Gasteiger partial charge in [-0.2, -0.15) is 0 Å². The topological polar surface area (TPSA) is 35.6 Å². The molecule has 0 saturated heterocycles. The lowest BCUT2D eigenvalue weighted by Gasteiger charge is -2.27. The van der Waals surface area contributed by atoms with Crippen molar-refractivity contribution in [1.29, 1.82) is 0 Å². The van der Waals surface area contributed by atoms with Gasteiger partial charge in [0.1, 0.15) is 0 Å². The summed E-state index contributed by atoms with van der Waals surface area (Å²) in [5.41, 5.74) is 2.39. The maximum Gasteiger partial charge on any atom is 0.317 e. The minimum atomic E-state index is -0.0226. The van der Waals surface area contributed by atoms with E-state index in [-0.39, 0.29) is 12.1 Å². The first-order valence-corrected chi connectivity index (χ1v) is 8.14. The van der Waals surface area contributed by atoms with Crippen molar-refractivity contribution in [2.75, 3.05) is 27.2 Å². The summed E-state index contributed by atoms with van der Waals surface area (Å²) in [6.45, 7) is 10.0. The van der Waals surface area contributed by atoms with Crippen molar-refractivity contribution in [3.05, 3.63) is 35.4 Å². The van der Waals surface area contributed by atoms with Gasteiger partial charge in [0.2, 0.25) is 0 Å². The van der Waals surface area contributed by atoms with E-state index in [0.29, 0.717) is 12.6 Å². The first-order valence-electron chi connectivity index (χ1n) is 8.14. The lowest BCUT2D eigenvalue weighted by Crippen LogP contribution is -2.42. The number of rotatable bonds is 7. The van der Waals surface area contributed by atoms with Crippen LogP contribution in [0, 0.1) is 6.92 Å². The maximum atomic E-state index is 12.2. The van der Waals surface area contributed by atoms with Gasteiger partial charge in [-0.3, -0.25) is 0 Å². The minimum Gasteiger partial charge on any atom is -0.337 e. The molecule has 0 aliphatic heterocycles. The molecule has 22 heavy (non-hydrogen) atoms. The first kappa shape index (κ1) is 18.5. The number of nitrogens with zero attached hydrogens (tertiary/aromatic N) is 2. The smallest absolute Gasteiger partial charge is 0.317 e. The van der Waals surface area contributed by atoms with E-state index in [1.165, 1.54) is 5.56 Å². The second-order valence-corrected chi connectivity index (χ2v) is 6.17. The number of aryl methyl sites for hydroxylation is 1. The number of likely N-dealkylation sites (N-methyl/N-ethyl adjacent to an activating group) is 1. The Morgan fingerprint density at radius 1 is 1.18 bits per heavy atom. The molecule has 1 rings (SSSR count). The molecular formula is C18H31N3O. The van der Waals surface area contributed by atoms with Gasteiger partial charge in [-0.25, -0.2) is 4.79 Å². The summed E-state index contributed by atoms with van der Waals surface area (Å²) >= 11 is 0. The molecule has 1 aromatic carbocycles. The highest BCUT2D eigenvalue weighted by molar-refractivity contribution is 5.74. The zero-order valence-electron chi connectivity index (χ0n) is 14.9. The molecule has 0 aliphatic rings. The van der Waals surface area contributed by atoms with Crippen LogP contribution >= 0.6 is 0 Å². The lowest BCUT2D eigenvalue weighted by atomic mass is 10.1. The molecule has 2 amide bonds. The SMILES string of the molecule is CCC(C)N(C)CCNC(=O)N(C)C(C)c1ccc(C)cc1. The highest BCUT2D eigenvalue weighted by Crippen LogP contribution is 2.18. The van der Waals surface area contributed by atoms with Gasteiger partial charge in [0.15, 0.2) is 0 Å². The van der Waals surface area contributed by atoms with E-state index in [0.717, 1.165) is 18.5 Å². The third-order valence-electron chi connectivity index (χ3n) is 4.55. The predicted octanol–water partition coefficient (Wildman–Crippen LogP) is 3.43. The number of carbonyl (C=O) groups is 1. The third kappa shape index (κ3) is 5.34. The molecule has 0 heterocycles. The monoisotopic (exact) mass is 305 g/mol. The molecule has 124 valence electrons. The molecule has 0 bridgehead atoms. The van der Waals surface area contributed by atoms with Gasteiger partial charge in [-0.1, -0.05) is 36.8 Å². The van der Waals surface area contributed by atoms with Crippen molar-refractivity contribution in [2.24, 2.45) is 0 Å². The number of amides is 2. The van der Waals surface area contributed by atoms with Crippen molar-refractivity contribution in [3.8, 4) is 0 Å². The molecule has 0 aliphatic carbocycles. The minimum absolute atomic E-state index is 0.0226. The van der Waals surface area contributed by atoms with Crippen molar-refractivity contribution in [2.45, 2.75) is 46.2 Å². The fourth-order valence-corrected chi connectivity index (χ4v) is 2.24. The molecule has 2 atom stereocenters. The fourth-order valence-electron chi connectivity index (χ4n) is 2.24. The molecule has 0 radical (unpaired) electrons. The fraction of sp³-hybridized carbons (Fsp3) is 0.611. The number of benzene rings is 1. The number of hydrogen-bond acceptors (Lipinski definition) is 2. The Morgan fingerprint density at radius 2 is 1.77 bits per heavy atom. The van der Waals surface area contributed by atoms with Crippen LogP contribution in [0.3, 0.4) is 0 Å². The maximum absolute atomic E-state index is 12.2. The lowest BCUT2D eigenvalue weighted by molar-refractivity contribution is 0.190. The largest absolute Gasteiger partial charge is 0.337 e. The number of carbonyl (C=O) groups excluding carboxylic acids is 1. The van der Waals surface area contributed by atoms with E-state index >= 15 is 0 Å². The Morgan fingerprint density at radius 3 is 2.32 bits per heavy atom. The molecular weight excluding hydrogens is 274 g/mol. The summed E-state index contributed by atoms with van der Waals surface area (Å²) in [5, 5.41) is 3.00. The van der Waals surface area contributed by atoms with Crippen LogP contribution < -0.4 is 5.32 Å². The second-order valence-electron chi connectivity index (χ2n) is 6.17. The molecule has 4 heteroatoms. The summed E-state index contributed by atoms with van der Waals surface area (Å²) in [6.07, 6.45) is 1.12. The third-order valence-corrected chi connectivity index (χ3v) is 4.55. The summed E-state index contributed by atoms with van der Waals surface area (Å²) in [6, 6.07) is 8.91. The van der Waals surface area contributed by atoms with Crippen LogP contribution in [-0.2, 0) is 0 Å². The number of hydrogen-bond donors (Lipinski definition) is 1. The molecule has 2 unspecified atom stereocenters. The van der Waals surface area contributed by atoms with Crippen LogP contribution in [0.1, 0.15) is 44.4 Å². The van der Waals surface area contributed by atoms with Crippen LogP contribution in [-0.4, -0.2) is 49.1 Å². The Kier molecular flexibility index (Phi) is 7.39. The number of urea groups is 1. The Labute approximate surface area is 135 Å². The highest BCUT2D eigenvalue weighted by Gasteiger charge is 2.17. The molecule has 4 nitrogen and oxygen atoms in total. The average molecular weight is 305 g/mol. The van der Waals surface area contributed by atoms with Crippen LogP contribution in [0.2, 0.25) is 0 Å². The highest BCUT2D eigenvalue weighted by atomic mass is 16.2. The molecule has 0 aromatic heterocycles. The van der Waals surface area contributed by atoms with E-state index in [4.69, 9.17) is 0 Å². The van der Waals surface area contributed by atoms with Crippen molar-refractivity contribution < 1.29 is 4.79 Å². The second kappa shape index (κ2) is 8.79.